The lowest BCUT2D eigenvalue weighted by atomic mass is 10.1. The smallest absolute Gasteiger partial charge is 0.263 e. The highest BCUT2D eigenvalue weighted by Gasteiger charge is 2.27. The van der Waals surface area contributed by atoms with Gasteiger partial charge in [-0.3, -0.25) is 9.79 Å². The van der Waals surface area contributed by atoms with Crippen LogP contribution in [0.5, 0.6) is 0 Å². The Labute approximate surface area is 74.8 Å². The SMILES string of the molecule is CC(C)(F)C(=O)NC1=NCCS1. The fraction of sp³-hybridized carbons (Fsp3) is 0.714. The molecule has 0 aromatic heterocycles. The maximum atomic E-state index is 13.0. The van der Waals surface area contributed by atoms with Crippen molar-refractivity contribution in [2.75, 3.05) is 12.3 Å². The first-order valence-electron chi connectivity index (χ1n) is 3.68. The van der Waals surface area contributed by atoms with Crippen LogP contribution in [-0.2, 0) is 4.79 Å². The molecule has 1 aliphatic heterocycles. The molecule has 12 heavy (non-hydrogen) atoms. The van der Waals surface area contributed by atoms with Gasteiger partial charge >= 0.3 is 0 Å². The highest BCUT2D eigenvalue weighted by molar-refractivity contribution is 8.14. The normalized spacial score (nSPS) is 17.4. The van der Waals surface area contributed by atoms with Gasteiger partial charge in [-0.2, -0.15) is 0 Å². The van der Waals surface area contributed by atoms with Crippen molar-refractivity contribution in [2.24, 2.45) is 4.99 Å². The lowest BCUT2D eigenvalue weighted by Crippen LogP contribution is -2.40. The third kappa shape index (κ3) is 2.48. The largest absolute Gasteiger partial charge is 0.303 e. The summed E-state index contributed by atoms with van der Waals surface area (Å²) in [4.78, 5) is 15.0. The van der Waals surface area contributed by atoms with Gasteiger partial charge in [0.25, 0.3) is 5.91 Å². The van der Waals surface area contributed by atoms with E-state index in [1.165, 1.54) is 25.6 Å². The fourth-order valence-corrected chi connectivity index (χ4v) is 1.38. The molecule has 1 amide bonds. The van der Waals surface area contributed by atoms with E-state index in [2.05, 4.69) is 10.3 Å². The minimum absolute atomic E-state index is 0.533. The van der Waals surface area contributed by atoms with Gasteiger partial charge in [-0.1, -0.05) is 11.8 Å². The Bertz CT molecular complexity index is 222. The summed E-state index contributed by atoms with van der Waals surface area (Å²) in [6, 6.07) is 0. The van der Waals surface area contributed by atoms with Crippen molar-refractivity contribution in [1.82, 2.24) is 5.32 Å². The Kier molecular flexibility index (Phi) is 2.72. The van der Waals surface area contributed by atoms with Crippen LogP contribution in [0.4, 0.5) is 4.39 Å². The van der Waals surface area contributed by atoms with Crippen LogP contribution < -0.4 is 5.32 Å². The van der Waals surface area contributed by atoms with Gasteiger partial charge in [0, 0.05) is 5.75 Å². The molecule has 1 aliphatic rings. The van der Waals surface area contributed by atoms with E-state index in [0.29, 0.717) is 11.7 Å². The van der Waals surface area contributed by atoms with Crippen molar-refractivity contribution in [3.8, 4) is 0 Å². The number of hydrogen-bond donors (Lipinski definition) is 1. The third-order valence-corrected chi connectivity index (χ3v) is 2.24. The summed E-state index contributed by atoms with van der Waals surface area (Å²) in [7, 11) is 0. The molecule has 0 spiro atoms. The second-order valence-electron chi connectivity index (χ2n) is 2.96. The number of nitrogens with zero attached hydrogens (tertiary/aromatic N) is 1. The Morgan fingerprint density at radius 3 is 2.83 bits per heavy atom. The summed E-state index contributed by atoms with van der Waals surface area (Å²) >= 11 is 1.44. The van der Waals surface area contributed by atoms with Crippen LogP contribution in [0.25, 0.3) is 0 Å². The van der Waals surface area contributed by atoms with E-state index in [4.69, 9.17) is 0 Å². The van der Waals surface area contributed by atoms with Gasteiger partial charge in [0.05, 0.1) is 6.54 Å². The average molecular weight is 190 g/mol. The molecule has 0 atom stereocenters. The standard InChI is InChI=1S/C7H11FN2OS/c1-7(2,8)5(11)10-6-9-3-4-12-6/h3-4H2,1-2H3,(H,9,10,11). The molecule has 0 aromatic rings. The summed E-state index contributed by atoms with van der Waals surface area (Å²) in [6.45, 7) is 3.15. The van der Waals surface area contributed by atoms with Crippen molar-refractivity contribution < 1.29 is 9.18 Å². The zero-order chi connectivity index (χ0) is 9.19. The van der Waals surface area contributed by atoms with E-state index in [9.17, 15) is 9.18 Å². The van der Waals surface area contributed by atoms with Crippen LogP contribution in [0.2, 0.25) is 0 Å². The van der Waals surface area contributed by atoms with Crippen molar-refractivity contribution >= 4 is 22.8 Å². The maximum absolute atomic E-state index is 13.0. The highest BCUT2D eigenvalue weighted by Crippen LogP contribution is 2.12. The molecular formula is C7H11FN2OS. The first kappa shape index (κ1) is 9.51. The summed E-state index contributed by atoms with van der Waals surface area (Å²) < 4.78 is 13.0. The van der Waals surface area contributed by atoms with E-state index >= 15 is 0 Å². The number of nitrogens with one attached hydrogen (secondary N) is 1. The molecule has 1 N–H and O–H groups in total. The summed E-state index contributed by atoms with van der Waals surface area (Å²) in [5.41, 5.74) is -1.83. The molecule has 0 radical (unpaired) electrons. The van der Waals surface area contributed by atoms with Crippen molar-refractivity contribution in [1.29, 1.82) is 0 Å². The maximum Gasteiger partial charge on any atom is 0.263 e. The Morgan fingerprint density at radius 2 is 2.42 bits per heavy atom. The molecule has 5 heteroatoms. The third-order valence-electron chi connectivity index (χ3n) is 1.35. The summed E-state index contributed by atoms with van der Waals surface area (Å²) in [6.07, 6.45) is 0. The topological polar surface area (TPSA) is 41.5 Å². The first-order chi connectivity index (χ1) is 5.50. The molecule has 0 saturated heterocycles. The van der Waals surface area contributed by atoms with Crippen LogP contribution >= 0.6 is 11.8 Å². The summed E-state index contributed by atoms with van der Waals surface area (Å²) in [5.74, 6) is 0.234. The van der Waals surface area contributed by atoms with Crippen LogP contribution in [-0.4, -0.2) is 29.0 Å². The van der Waals surface area contributed by atoms with Gasteiger partial charge in [-0.25, -0.2) is 4.39 Å². The van der Waals surface area contributed by atoms with E-state index in [0.717, 1.165) is 5.75 Å². The van der Waals surface area contributed by atoms with E-state index < -0.39 is 11.6 Å². The van der Waals surface area contributed by atoms with Gasteiger partial charge in [0.1, 0.15) is 0 Å². The van der Waals surface area contributed by atoms with Gasteiger partial charge in [-0.05, 0) is 13.8 Å². The monoisotopic (exact) mass is 190 g/mol. The fourth-order valence-electron chi connectivity index (χ4n) is 0.657. The second-order valence-corrected chi connectivity index (χ2v) is 4.05. The number of amides is 1. The molecule has 1 heterocycles. The number of thioether (sulfide) groups is 1. The average Bonchev–Trinajstić information content (AvgIpc) is 2.37. The Balaban J connectivity index is 2.46. The summed E-state index contributed by atoms with van der Waals surface area (Å²) in [5, 5.41) is 2.95. The number of rotatable bonds is 1. The molecule has 0 bridgehead atoms. The van der Waals surface area contributed by atoms with Gasteiger partial charge in [0.2, 0.25) is 0 Å². The highest BCUT2D eigenvalue weighted by atomic mass is 32.2. The molecule has 68 valence electrons. The Hall–Kier alpha value is -0.580. The number of amidine groups is 1. The molecular weight excluding hydrogens is 179 g/mol. The van der Waals surface area contributed by atoms with Crippen molar-refractivity contribution in [2.45, 2.75) is 19.5 Å². The zero-order valence-electron chi connectivity index (χ0n) is 7.06. The number of alkyl halides is 1. The van der Waals surface area contributed by atoms with Crippen molar-refractivity contribution in [3.63, 3.8) is 0 Å². The number of aliphatic imine (C=N–C) groups is 1. The predicted octanol–water partition coefficient (Wildman–Crippen LogP) is 0.954. The van der Waals surface area contributed by atoms with Gasteiger partial charge < -0.3 is 5.32 Å². The molecule has 0 saturated carbocycles. The molecule has 0 fully saturated rings. The Morgan fingerprint density at radius 1 is 1.75 bits per heavy atom. The molecule has 0 unspecified atom stereocenters. The van der Waals surface area contributed by atoms with Crippen molar-refractivity contribution in [3.05, 3.63) is 0 Å². The van der Waals surface area contributed by atoms with Crippen LogP contribution in [0.3, 0.4) is 0 Å². The zero-order valence-corrected chi connectivity index (χ0v) is 7.87. The van der Waals surface area contributed by atoms with Crippen LogP contribution in [0.1, 0.15) is 13.8 Å². The number of carbonyl (C=O) groups excluding carboxylic acids is 1. The predicted molar refractivity (Wildman–Crippen MR) is 48.1 cm³/mol. The second kappa shape index (κ2) is 3.43. The number of halogens is 1. The molecule has 1 rings (SSSR count). The minimum atomic E-state index is -1.83. The van der Waals surface area contributed by atoms with Gasteiger partial charge in [-0.15, -0.1) is 0 Å². The molecule has 3 nitrogen and oxygen atoms in total. The quantitative estimate of drug-likeness (QED) is 0.669. The lowest BCUT2D eigenvalue weighted by Gasteiger charge is -2.12. The molecule has 0 aromatic carbocycles. The van der Waals surface area contributed by atoms with Gasteiger partial charge in [0.15, 0.2) is 10.8 Å². The van der Waals surface area contributed by atoms with E-state index in [1.807, 2.05) is 0 Å². The first-order valence-corrected chi connectivity index (χ1v) is 4.66. The molecule has 0 aliphatic carbocycles. The van der Waals surface area contributed by atoms with Crippen LogP contribution in [0, 0.1) is 0 Å². The minimum Gasteiger partial charge on any atom is -0.303 e. The van der Waals surface area contributed by atoms with E-state index in [1.54, 1.807) is 0 Å². The van der Waals surface area contributed by atoms with E-state index in [-0.39, 0.29) is 0 Å². The lowest BCUT2D eigenvalue weighted by molar-refractivity contribution is -0.129. The number of carbonyl (C=O) groups is 1. The number of hydrogen-bond acceptors (Lipinski definition) is 3. The van der Waals surface area contributed by atoms with Crippen LogP contribution in [0.15, 0.2) is 4.99 Å².